The van der Waals surface area contributed by atoms with Gasteiger partial charge in [0.15, 0.2) is 0 Å². The molecule has 0 aliphatic carbocycles. The highest BCUT2D eigenvalue weighted by Gasteiger charge is 2.31. The van der Waals surface area contributed by atoms with Gasteiger partial charge in [0.25, 0.3) is 0 Å². The lowest BCUT2D eigenvalue weighted by Gasteiger charge is -2.31. The van der Waals surface area contributed by atoms with E-state index >= 15 is 0 Å². The van der Waals surface area contributed by atoms with Crippen LogP contribution in [0, 0.1) is 17.3 Å². The lowest BCUT2D eigenvalue weighted by atomic mass is 9.79. The Kier molecular flexibility index (Phi) is 6.09. The van der Waals surface area contributed by atoms with Gasteiger partial charge < -0.3 is 15.2 Å². The van der Waals surface area contributed by atoms with E-state index in [-0.39, 0.29) is 23.8 Å². The predicted molar refractivity (Wildman–Crippen MR) is 71.2 cm³/mol. The molecular weight excluding hydrogens is 230 g/mol. The van der Waals surface area contributed by atoms with Crippen LogP contribution in [0.2, 0.25) is 0 Å². The molecule has 1 aliphatic heterocycles. The molecule has 0 aromatic heterocycles. The van der Waals surface area contributed by atoms with Gasteiger partial charge in [-0.05, 0) is 31.1 Å². The fourth-order valence-corrected chi connectivity index (χ4v) is 2.34. The zero-order valence-electron chi connectivity index (χ0n) is 11.9. The molecule has 0 radical (unpaired) electrons. The second-order valence-corrected chi connectivity index (χ2v) is 6.14. The van der Waals surface area contributed by atoms with Gasteiger partial charge >= 0.3 is 0 Å². The summed E-state index contributed by atoms with van der Waals surface area (Å²) in [6.07, 6.45) is 3.03. The summed E-state index contributed by atoms with van der Waals surface area (Å²) in [5, 5.41) is 11.9. The summed E-state index contributed by atoms with van der Waals surface area (Å²) < 4.78 is 5.34. The number of hydrogen-bond donors (Lipinski definition) is 2. The van der Waals surface area contributed by atoms with Gasteiger partial charge in [-0.2, -0.15) is 0 Å². The van der Waals surface area contributed by atoms with E-state index in [1.807, 2.05) is 20.8 Å². The molecule has 0 spiro atoms. The molecule has 1 saturated heterocycles. The summed E-state index contributed by atoms with van der Waals surface area (Å²) in [6.45, 7) is 8.23. The summed E-state index contributed by atoms with van der Waals surface area (Å²) in [5.74, 6) is 0.803. The molecule has 1 heterocycles. The molecule has 4 nitrogen and oxygen atoms in total. The van der Waals surface area contributed by atoms with Crippen LogP contribution in [0.25, 0.3) is 0 Å². The van der Waals surface area contributed by atoms with Crippen molar-refractivity contribution in [3.63, 3.8) is 0 Å². The monoisotopic (exact) mass is 257 g/mol. The number of amides is 1. The van der Waals surface area contributed by atoms with Gasteiger partial charge in [-0.1, -0.05) is 20.8 Å². The van der Waals surface area contributed by atoms with Crippen molar-refractivity contribution in [2.45, 2.75) is 40.0 Å². The second kappa shape index (κ2) is 7.10. The maximum absolute atomic E-state index is 12.1. The number of carbonyl (C=O) groups excluding carboxylic acids is 1. The Morgan fingerprint density at radius 3 is 2.61 bits per heavy atom. The Bertz CT molecular complexity index is 260. The number of aliphatic hydroxyl groups excluding tert-OH is 1. The second-order valence-electron chi connectivity index (χ2n) is 6.14. The van der Waals surface area contributed by atoms with Crippen molar-refractivity contribution < 1.29 is 14.6 Å². The molecular formula is C14H27NO3. The van der Waals surface area contributed by atoms with Gasteiger partial charge in [-0.15, -0.1) is 0 Å². The van der Waals surface area contributed by atoms with Crippen molar-refractivity contribution in [3.8, 4) is 0 Å². The van der Waals surface area contributed by atoms with E-state index < -0.39 is 0 Å². The van der Waals surface area contributed by atoms with Gasteiger partial charge in [-0.25, -0.2) is 0 Å². The summed E-state index contributed by atoms with van der Waals surface area (Å²) in [6, 6.07) is 0. The molecule has 1 aliphatic rings. The maximum atomic E-state index is 12.1. The first-order chi connectivity index (χ1) is 8.45. The molecule has 2 N–H and O–H groups in total. The SMILES string of the molecule is CC(CO)CNC(=O)C(C)(C)CC1CCOCC1. The van der Waals surface area contributed by atoms with Crippen molar-refractivity contribution in [2.24, 2.45) is 17.3 Å². The molecule has 1 atom stereocenters. The summed E-state index contributed by atoms with van der Waals surface area (Å²) in [4.78, 5) is 12.1. The third-order valence-corrected chi connectivity index (χ3v) is 3.68. The van der Waals surface area contributed by atoms with Gasteiger partial charge in [-0.3, -0.25) is 4.79 Å². The van der Waals surface area contributed by atoms with Crippen LogP contribution < -0.4 is 5.32 Å². The van der Waals surface area contributed by atoms with Gasteiger partial charge in [0, 0.05) is 31.8 Å². The van der Waals surface area contributed by atoms with E-state index in [1.54, 1.807) is 0 Å². The Labute approximate surface area is 110 Å². The number of ether oxygens (including phenoxy) is 1. The van der Waals surface area contributed by atoms with Crippen LogP contribution in [0.1, 0.15) is 40.0 Å². The smallest absolute Gasteiger partial charge is 0.225 e. The lowest BCUT2D eigenvalue weighted by molar-refractivity contribution is -0.130. The lowest BCUT2D eigenvalue weighted by Crippen LogP contribution is -2.41. The molecule has 0 aromatic rings. The van der Waals surface area contributed by atoms with Crippen LogP contribution in [0.3, 0.4) is 0 Å². The van der Waals surface area contributed by atoms with E-state index in [1.165, 1.54) is 0 Å². The zero-order chi connectivity index (χ0) is 13.6. The van der Waals surface area contributed by atoms with Crippen LogP contribution in [-0.4, -0.2) is 37.4 Å². The Morgan fingerprint density at radius 1 is 1.44 bits per heavy atom. The molecule has 1 rings (SSSR count). The fourth-order valence-electron chi connectivity index (χ4n) is 2.34. The van der Waals surface area contributed by atoms with Crippen LogP contribution in [-0.2, 0) is 9.53 Å². The Balaban J connectivity index is 2.38. The number of hydrogen-bond acceptors (Lipinski definition) is 3. The van der Waals surface area contributed by atoms with Crippen molar-refractivity contribution in [2.75, 3.05) is 26.4 Å². The van der Waals surface area contributed by atoms with Crippen LogP contribution in [0.5, 0.6) is 0 Å². The van der Waals surface area contributed by atoms with Crippen LogP contribution in [0.4, 0.5) is 0 Å². The highest BCUT2D eigenvalue weighted by atomic mass is 16.5. The van der Waals surface area contributed by atoms with Gasteiger partial charge in [0.05, 0.1) is 0 Å². The molecule has 1 fully saturated rings. The third kappa shape index (κ3) is 4.94. The highest BCUT2D eigenvalue weighted by molar-refractivity contribution is 5.81. The van der Waals surface area contributed by atoms with Crippen molar-refractivity contribution in [1.29, 1.82) is 0 Å². The molecule has 106 valence electrons. The quantitative estimate of drug-likeness (QED) is 0.759. The maximum Gasteiger partial charge on any atom is 0.225 e. The van der Waals surface area contributed by atoms with Crippen molar-refractivity contribution in [3.05, 3.63) is 0 Å². The minimum absolute atomic E-state index is 0.0919. The molecule has 1 amide bonds. The van der Waals surface area contributed by atoms with Crippen LogP contribution >= 0.6 is 0 Å². The first-order valence-corrected chi connectivity index (χ1v) is 6.92. The number of rotatable bonds is 6. The summed E-state index contributed by atoms with van der Waals surface area (Å²) in [7, 11) is 0. The first-order valence-electron chi connectivity index (χ1n) is 6.92. The number of aliphatic hydroxyl groups is 1. The number of nitrogens with one attached hydrogen (secondary N) is 1. The van der Waals surface area contributed by atoms with Gasteiger partial charge in [0.2, 0.25) is 5.91 Å². The van der Waals surface area contributed by atoms with Crippen molar-refractivity contribution in [1.82, 2.24) is 5.32 Å². The van der Waals surface area contributed by atoms with Crippen molar-refractivity contribution >= 4 is 5.91 Å². The Hall–Kier alpha value is -0.610. The molecule has 0 bridgehead atoms. The van der Waals surface area contributed by atoms with Crippen LogP contribution in [0.15, 0.2) is 0 Å². The summed E-state index contributed by atoms with van der Waals surface area (Å²) in [5.41, 5.74) is -0.336. The highest BCUT2D eigenvalue weighted by Crippen LogP contribution is 2.31. The molecule has 4 heteroatoms. The average molecular weight is 257 g/mol. The zero-order valence-corrected chi connectivity index (χ0v) is 11.9. The minimum atomic E-state index is -0.336. The number of carbonyl (C=O) groups is 1. The largest absolute Gasteiger partial charge is 0.396 e. The van der Waals surface area contributed by atoms with E-state index in [4.69, 9.17) is 9.84 Å². The topological polar surface area (TPSA) is 58.6 Å². The first kappa shape index (κ1) is 15.4. The summed E-state index contributed by atoms with van der Waals surface area (Å²) >= 11 is 0. The average Bonchev–Trinajstić information content (AvgIpc) is 2.36. The van der Waals surface area contributed by atoms with E-state index in [2.05, 4.69) is 5.32 Å². The normalized spacial score (nSPS) is 19.6. The van der Waals surface area contributed by atoms with E-state index in [9.17, 15) is 4.79 Å². The third-order valence-electron chi connectivity index (χ3n) is 3.68. The van der Waals surface area contributed by atoms with E-state index in [0.717, 1.165) is 32.5 Å². The van der Waals surface area contributed by atoms with Gasteiger partial charge in [0.1, 0.15) is 0 Å². The Morgan fingerprint density at radius 2 is 2.06 bits per heavy atom. The standard InChI is InChI=1S/C14H27NO3/c1-11(10-16)9-15-13(17)14(2,3)8-12-4-6-18-7-5-12/h11-12,16H,4-10H2,1-3H3,(H,15,17). The minimum Gasteiger partial charge on any atom is -0.396 e. The molecule has 0 saturated carbocycles. The van der Waals surface area contributed by atoms with E-state index in [0.29, 0.717) is 12.5 Å². The molecule has 0 aromatic carbocycles. The molecule has 1 unspecified atom stereocenters. The molecule has 18 heavy (non-hydrogen) atoms. The fraction of sp³-hybridized carbons (Fsp3) is 0.929. The predicted octanol–water partition coefficient (Wildman–Crippen LogP) is 1.57.